The normalized spacial score (nSPS) is 13.6. The maximum Gasteiger partial charge on any atom is 0.155 e. The second-order valence-corrected chi connectivity index (χ2v) is 3.69. The average Bonchev–Trinajstić information content (AvgIpc) is 2.06. The quantitative estimate of drug-likeness (QED) is 0.645. The lowest BCUT2D eigenvalue weighted by molar-refractivity contribution is -0.129. The molecule has 0 amide bonds. The number of ketones is 1. The van der Waals surface area contributed by atoms with Crippen molar-refractivity contribution in [3.63, 3.8) is 0 Å². The summed E-state index contributed by atoms with van der Waals surface area (Å²) in [6.45, 7) is 7.64. The summed E-state index contributed by atoms with van der Waals surface area (Å²) in [7, 11) is 0. The van der Waals surface area contributed by atoms with Gasteiger partial charge in [-0.3, -0.25) is 4.79 Å². The summed E-state index contributed by atoms with van der Waals surface area (Å²) in [5, 5.41) is 8.68. The first-order valence-electron chi connectivity index (χ1n) is 4.43. The van der Waals surface area contributed by atoms with Crippen molar-refractivity contribution in [3.05, 3.63) is 0 Å². The lowest BCUT2D eigenvalue weighted by Gasteiger charge is -2.22. The molecule has 0 saturated heterocycles. The largest absolute Gasteiger partial charge is 0.298 e. The molecule has 2 heteroatoms. The summed E-state index contributed by atoms with van der Waals surface area (Å²) in [6, 6.07) is 2.04. The predicted octanol–water partition coefficient (Wildman–Crippen LogP) is 2.54. The molecule has 0 spiro atoms. The van der Waals surface area contributed by atoms with E-state index < -0.39 is 5.92 Å². The maximum atomic E-state index is 11.6. The first kappa shape index (κ1) is 11.2. The Morgan fingerprint density at radius 2 is 2.00 bits per heavy atom. The molecule has 0 N–H and O–H groups in total. The third-order valence-corrected chi connectivity index (χ3v) is 2.43. The molecule has 0 aliphatic rings. The Balaban J connectivity index is 4.49. The number of nitriles is 1. The van der Waals surface area contributed by atoms with Crippen LogP contribution in [0.5, 0.6) is 0 Å². The highest BCUT2D eigenvalue weighted by Gasteiger charge is 2.30. The smallest absolute Gasteiger partial charge is 0.155 e. The molecule has 0 aliphatic carbocycles. The number of carbonyl (C=O) groups excluding carboxylic acids is 1. The van der Waals surface area contributed by atoms with Crippen molar-refractivity contribution in [1.29, 1.82) is 5.26 Å². The molecule has 0 aromatic carbocycles. The number of hydrogen-bond donors (Lipinski definition) is 0. The standard InChI is InChI=1S/C10H17NO/c1-5-8(7-11)9(12)10(3,4)6-2/h8H,5-6H2,1-4H3. The van der Waals surface area contributed by atoms with Gasteiger partial charge in [0.2, 0.25) is 0 Å². The van der Waals surface area contributed by atoms with Gasteiger partial charge in [0.05, 0.1) is 6.07 Å². The SMILES string of the molecule is CCC(C#N)C(=O)C(C)(C)CC. The van der Waals surface area contributed by atoms with E-state index in [2.05, 4.69) is 0 Å². The van der Waals surface area contributed by atoms with Crippen molar-refractivity contribution in [3.8, 4) is 6.07 Å². The topological polar surface area (TPSA) is 40.9 Å². The van der Waals surface area contributed by atoms with Gasteiger partial charge >= 0.3 is 0 Å². The van der Waals surface area contributed by atoms with E-state index >= 15 is 0 Å². The van der Waals surface area contributed by atoms with Gasteiger partial charge in [0.1, 0.15) is 5.92 Å². The molecule has 0 rings (SSSR count). The van der Waals surface area contributed by atoms with Crippen LogP contribution in [0.4, 0.5) is 0 Å². The van der Waals surface area contributed by atoms with Crippen LogP contribution >= 0.6 is 0 Å². The highest BCUT2D eigenvalue weighted by Crippen LogP contribution is 2.26. The molecule has 1 unspecified atom stereocenters. The minimum absolute atomic E-state index is 0.0787. The third kappa shape index (κ3) is 2.34. The van der Waals surface area contributed by atoms with E-state index in [0.717, 1.165) is 6.42 Å². The average molecular weight is 167 g/mol. The molecular formula is C10H17NO. The first-order chi connectivity index (χ1) is 5.49. The van der Waals surface area contributed by atoms with Crippen molar-refractivity contribution >= 4 is 5.78 Å². The highest BCUT2D eigenvalue weighted by atomic mass is 16.1. The second-order valence-electron chi connectivity index (χ2n) is 3.69. The predicted molar refractivity (Wildman–Crippen MR) is 48.5 cm³/mol. The fourth-order valence-corrected chi connectivity index (χ4v) is 0.981. The van der Waals surface area contributed by atoms with Gasteiger partial charge in [-0.1, -0.05) is 27.7 Å². The number of rotatable bonds is 4. The second kappa shape index (κ2) is 4.25. The van der Waals surface area contributed by atoms with Crippen LogP contribution < -0.4 is 0 Å². The number of Topliss-reactive ketones (excluding diaryl/α,β-unsaturated/α-hetero) is 1. The lowest BCUT2D eigenvalue weighted by atomic mass is 9.79. The Labute approximate surface area is 74.6 Å². The molecule has 0 fully saturated rings. The summed E-state index contributed by atoms with van der Waals surface area (Å²) < 4.78 is 0. The van der Waals surface area contributed by atoms with Crippen LogP contribution in [0.25, 0.3) is 0 Å². The first-order valence-corrected chi connectivity index (χ1v) is 4.43. The zero-order valence-corrected chi connectivity index (χ0v) is 8.35. The van der Waals surface area contributed by atoms with Gasteiger partial charge in [0, 0.05) is 5.41 Å². The lowest BCUT2D eigenvalue weighted by Crippen LogP contribution is -2.29. The zero-order chi connectivity index (χ0) is 9.78. The molecule has 0 saturated carbocycles. The van der Waals surface area contributed by atoms with E-state index in [4.69, 9.17) is 5.26 Å². The van der Waals surface area contributed by atoms with Gasteiger partial charge in [-0.25, -0.2) is 0 Å². The zero-order valence-electron chi connectivity index (χ0n) is 8.35. The molecule has 1 atom stereocenters. The molecule has 0 aromatic rings. The minimum Gasteiger partial charge on any atom is -0.298 e. The summed E-state index contributed by atoms with van der Waals surface area (Å²) in [6.07, 6.45) is 1.42. The van der Waals surface area contributed by atoms with Crippen LogP contribution in [0.3, 0.4) is 0 Å². The highest BCUT2D eigenvalue weighted by molar-refractivity contribution is 5.88. The molecule has 0 aromatic heterocycles. The van der Waals surface area contributed by atoms with E-state index in [-0.39, 0.29) is 11.2 Å². The fraction of sp³-hybridized carbons (Fsp3) is 0.800. The summed E-state index contributed by atoms with van der Waals surface area (Å²) in [4.78, 5) is 11.6. The Bertz CT molecular complexity index is 200. The molecule has 0 heterocycles. The number of carbonyl (C=O) groups is 1. The van der Waals surface area contributed by atoms with Gasteiger partial charge in [-0.15, -0.1) is 0 Å². The van der Waals surface area contributed by atoms with E-state index in [1.165, 1.54) is 0 Å². The Morgan fingerprint density at radius 1 is 1.50 bits per heavy atom. The van der Waals surface area contributed by atoms with Gasteiger partial charge in [0.25, 0.3) is 0 Å². The summed E-state index contributed by atoms with van der Waals surface area (Å²) in [5.41, 5.74) is -0.337. The molecule has 12 heavy (non-hydrogen) atoms. The van der Waals surface area contributed by atoms with E-state index in [1.807, 2.05) is 33.8 Å². The van der Waals surface area contributed by atoms with Crippen LogP contribution in [0.2, 0.25) is 0 Å². The molecule has 0 aliphatic heterocycles. The van der Waals surface area contributed by atoms with Crippen LogP contribution in [0, 0.1) is 22.7 Å². The molecule has 68 valence electrons. The summed E-state index contributed by atoms with van der Waals surface area (Å²) >= 11 is 0. The Hall–Kier alpha value is -0.840. The van der Waals surface area contributed by atoms with E-state index in [0.29, 0.717) is 6.42 Å². The number of nitrogens with zero attached hydrogens (tertiary/aromatic N) is 1. The molecular weight excluding hydrogens is 150 g/mol. The van der Waals surface area contributed by atoms with Gasteiger partial charge in [-0.2, -0.15) is 5.26 Å². The van der Waals surface area contributed by atoms with Crippen molar-refractivity contribution in [2.24, 2.45) is 11.3 Å². The minimum atomic E-state index is -0.417. The van der Waals surface area contributed by atoms with Crippen molar-refractivity contribution in [2.75, 3.05) is 0 Å². The van der Waals surface area contributed by atoms with E-state index in [1.54, 1.807) is 0 Å². The van der Waals surface area contributed by atoms with Gasteiger partial charge in [-0.05, 0) is 12.8 Å². The van der Waals surface area contributed by atoms with Crippen molar-refractivity contribution in [1.82, 2.24) is 0 Å². The van der Waals surface area contributed by atoms with Gasteiger partial charge < -0.3 is 0 Å². The van der Waals surface area contributed by atoms with Crippen molar-refractivity contribution < 1.29 is 4.79 Å². The van der Waals surface area contributed by atoms with Crippen LogP contribution in [0.1, 0.15) is 40.5 Å². The van der Waals surface area contributed by atoms with E-state index in [9.17, 15) is 4.79 Å². The van der Waals surface area contributed by atoms with Crippen LogP contribution in [0.15, 0.2) is 0 Å². The Kier molecular flexibility index (Phi) is 3.95. The van der Waals surface area contributed by atoms with Crippen LogP contribution in [-0.4, -0.2) is 5.78 Å². The monoisotopic (exact) mass is 167 g/mol. The molecule has 0 radical (unpaired) electrons. The van der Waals surface area contributed by atoms with Crippen molar-refractivity contribution in [2.45, 2.75) is 40.5 Å². The Morgan fingerprint density at radius 3 is 2.25 bits per heavy atom. The van der Waals surface area contributed by atoms with Gasteiger partial charge in [0.15, 0.2) is 5.78 Å². The summed E-state index contributed by atoms with van der Waals surface area (Å²) in [5.74, 6) is -0.338. The number of hydrogen-bond acceptors (Lipinski definition) is 2. The van der Waals surface area contributed by atoms with Crippen LogP contribution in [-0.2, 0) is 4.79 Å². The third-order valence-electron chi connectivity index (χ3n) is 2.43. The molecule has 0 bridgehead atoms. The molecule has 2 nitrogen and oxygen atoms in total. The maximum absolute atomic E-state index is 11.6. The fourth-order valence-electron chi connectivity index (χ4n) is 0.981.